The molecule has 0 radical (unpaired) electrons. The minimum Gasteiger partial charge on any atom is -0.508 e. The van der Waals surface area contributed by atoms with Crippen LogP contribution in [0.15, 0.2) is 30.3 Å². The van der Waals surface area contributed by atoms with Crippen LogP contribution in [0, 0.1) is 5.92 Å². The molecule has 4 heterocycles. The van der Waals surface area contributed by atoms with E-state index in [9.17, 15) is 18.3 Å². The third-order valence-electron chi connectivity index (χ3n) is 5.99. The van der Waals surface area contributed by atoms with Crippen molar-refractivity contribution in [3.63, 3.8) is 0 Å². The third kappa shape index (κ3) is 3.24. The fraction of sp³-hybridized carbons (Fsp3) is 0.400. The van der Waals surface area contributed by atoms with Gasteiger partial charge < -0.3 is 10.4 Å². The van der Waals surface area contributed by atoms with E-state index in [0.29, 0.717) is 35.3 Å². The number of phenols is 1. The highest BCUT2D eigenvalue weighted by Gasteiger charge is 2.39. The Hall–Kier alpha value is -2.65. The van der Waals surface area contributed by atoms with Crippen molar-refractivity contribution in [3.8, 4) is 17.0 Å². The van der Waals surface area contributed by atoms with E-state index in [2.05, 4.69) is 25.4 Å². The van der Waals surface area contributed by atoms with Crippen molar-refractivity contribution in [1.29, 1.82) is 0 Å². The predicted molar refractivity (Wildman–Crippen MR) is 101 cm³/mol. The lowest BCUT2D eigenvalue weighted by molar-refractivity contribution is -0.140. The highest BCUT2D eigenvalue weighted by molar-refractivity contribution is 5.85. The van der Waals surface area contributed by atoms with Crippen LogP contribution in [0.1, 0.15) is 17.7 Å². The predicted octanol–water partition coefficient (Wildman–Crippen LogP) is 3.14. The number of likely N-dealkylation sites (tertiary alicyclic amines) is 1. The number of aromatic amines is 1. The standard InChI is InChI=1S/C20H20F3N5O/c21-20(22,23)18-17-13(10-28-6-5-12-8-24-9-16(12)28)7-15(25-19(17)27-26-18)11-1-3-14(29)4-2-11/h1-4,7,12,16,24,29H,5-6,8-10H2,(H,25,26,27). The number of pyridine rings is 1. The maximum atomic E-state index is 13.6. The van der Waals surface area contributed by atoms with Crippen molar-refractivity contribution in [1.82, 2.24) is 25.4 Å². The van der Waals surface area contributed by atoms with Crippen LogP contribution >= 0.6 is 0 Å². The number of hydrogen-bond donors (Lipinski definition) is 3. The van der Waals surface area contributed by atoms with Crippen molar-refractivity contribution >= 4 is 11.0 Å². The van der Waals surface area contributed by atoms with Gasteiger partial charge in [0.05, 0.1) is 11.1 Å². The minimum atomic E-state index is -4.53. The molecule has 9 heteroatoms. The zero-order valence-electron chi connectivity index (χ0n) is 15.5. The van der Waals surface area contributed by atoms with Gasteiger partial charge in [-0.25, -0.2) is 4.98 Å². The van der Waals surface area contributed by atoms with Gasteiger partial charge in [-0.15, -0.1) is 0 Å². The van der Waals surface area contributed by atoms with E-state index in [4.69, 9.17) is 0 Å². The van der Waals surface area contributed by atoms with Crippen molar-refractivity contribution in [2.24, 2.45) is 5.92 Å². The van der Waals surface area contributed by atoms with Crippen molar-refractivity contribution in [2.45, 2.75) is 25.2 Å². The summed E-state index contributed by atoms with van der Waals surface area (Å²) < 4.78 is 40.7. The van der Waals surface area contributed by atoms with Gasteiger partial charge in [0.15, 0.2) is 5.65 Å². The molecule has 6 nitrogen and oxygen atoms in total. The molecule has 3 N–H and O–H groups in total. The second kappa shape index (κ2) is 6.70. The number of fused-ring (bicyclic) bond motifs is 2. The fourth-order valence-electron chi connectivity index (χ4n) is 4.56. The number of nitrogens with one attached hydrogen (secondary N) is 2. The third-order valence-corrected chi connectivity index (χ3v) is 5.99. The van der Waals surface area contributed by atoms with Crippen LogP contribution < -0.4 is 5.32 Å². The largest absolute Gasteiger partial charge is 0.508 e. The molecule has 2 unspecified atom stereocenters. The van der Waals surface area contributed by atoms with Gasteiger partial charge in [0, 0.05) is 24.7 Å². The average Bonchev–Trinajstić information content (AvgIpc) is 3.38. The Kier molecular flexibility index (Phi) is 4.25. The van der Waals surface area contributed by atoms with E-state index < -0.39 is 11.9 Å². The lowest BCUT2D eigenvalue weighted by Crippen LogP contribution is -2.33. The van der Waals surface area contributed by atoms with Gasteiger partial charge in [0.25, 0.3) is 0 Å². The maximum Gasteiger partial charge on any atom is 0.433 e. The SMILES string of the molecule is Oc1ccc(-c2cc(CN3CCC4CNCC43)c3c(C(F)(F)F)[nH]nc3n2)cc1. The number of aromatic nitrogens is 3. The molecule has 0 amide bonds. The number of halogens is 3. The normalized spacial score (nSPS) is 22.4. The molecule has 2 aliphatic rings. The summed E-state index contributed by atoms with van der Waals surface area (Å²) in [6, 6.07) is 8.50. The lowest BCUT2D eigenvalue weighted by Gasteiger charge is -2.24. The summed E-state index contributed by atoms with van der Waals surface area (Å²) in [7, 11) is 0. The van der Waals surface area contributed by atoms with Crippen LogP contribution in [0.3, 0.4) is 0 Å². The molecular weight excluding hydrogens is 383 g/mol. The Labute approximate surface area is 164 Å². The minimum absolute atomic E-state index is 0.0365. The number of rotatable bonds is 3. The van der Waals surface area contributed by atoms with Gasteiger partial charge in [0.2, 0.25) is 0 Å². The summed E-state index contributed by atoms with van der Waals surface area (Å²) in [5, 5.41) is 18.9. The molecule has 3 aromatic rings. The van der Waals surface area contributed by atoms with Crippen LogP contribution in [-0.4, -0.2) is 50.9 Å². The number of benzene rings is 1. The van der Waals surface area contributed by atoms with Crippen LogP contribution in [0.2, 0.25) is 0 Å². The van der Waals surface area contributed by atoms with Crippen LogP contribution in [0.4, 0.5) is 13.2 Å². The zero-order valence-corrected chi connectivity index (χ0v) is 15.5. The average molecular weight is 403 g/mol. The Morgan fingerprint density at radius 1 is 1.17 bits per heavy atom. The van der Waals surface area contributed by atoms with Crippen molar-refractivity contribution in [3.05, 3.63) is 41.6 Å². The van der Waals surface area contributed by atoms with Crippen LogP contribution in [-0.2, 0) is 12.7 Å². The molecule has 2 fully saturated rings. The number of phenolic OH excluding ortho intramolecular Hbond substituents is 1. The van der Waals surface area contributed by atoms with E-state index in [1.54, 1.807) is 18.2 Å². The molecule has 5 rings (SSSR count). The van der Waals surface area contributed by atoms with Crippen molar-refractivity contribution < 1.29 is 18.3 Å². The zero-order chi connectivity index (χ0) is 20.2. The first kappa shape index (κ1) is 18.4. The smallest absolute Gasteiger partial charge is 0.433 e. The molecular formula is C20H20F3N5O. The van der Waals surface area contributed by atoms with E-state index in [0.717, 1.165) is 26.1 Å². The number of aromatic hydroxyl groups is 1. The van der Waals surface area contributed by atoms with Gasteiger partial charge in [-0.3, -0.25) is 10.00 Å². The topological polar surface area (TPSA) is 77.1 Å². The Morgan fingerprint density at radius 2 is 1.97 bits per heavy atom. The van der Waals surface area contributed by atoms with E-state index >= 15 is 0 Å². The summed E-state index contributed by atoms with van der Waals surface area (Å²) in [5.74, 6) is 0.668. The second-order valence-corrected chi connectivity index (χ2v) is 7.75. The van der Waals surface area contributed by atoms with E-state index in [1.165, 1.54) is 12.1 Å². The lowest BCUT2D eigenvalue weighted by atomic mass is 10.0. The fourth-order valence-corrected chi connectivity index (χ4v) is 4.56. The summed E-state index contributed by atoms with van der Waals surface area (Å²) >= 11 is 0. The van der Waals surface area contributed by atoms with Gasteiger partial charge >= 0.3 is 6.18 Å². The highest BCUT2D eigenvalue weighted by Crippen LogP contribution is 2.37. The molecule has 0 spiro atoms. The van der Waals surface area contributed by atoms with Crippen molar-refractivity contribution in [2.75, 3.05) is 19.6 Å². The van der Waals surface area contributed by atoms with Crippen LogP contribution in [0.5, 0.6) is 5.75 Å². The maximum absolute atomic E-state index is 13.6. The Morgan fingerprint density at radius 3 is 2.72 bits per heavy atom. The second-order valence-electron chi connectivity index (χ2n) is 7.75. The Bertz CT molecular complexity index is 1050. The summed E-state index contributed by atoms with van der Waals surface area (Å²) in [4.78, 5) is 6.61. The van der Waals surface area contributed by atoms with Gasteiger partial charge in [-0.1, -0.05) is 0 Å². The summed E-state index contributed by atoms with van der Waals surface area (Å²) in [6.45, 7) is 3.11. The van der Waals surface area contributed by atoms with Gasteiger partial charge in [-0.05, 0) is 61.3 Å². The number of H-pyrrole nitrogens is 1. The highest BCUT2D eigenvalue weighted by atomic mass is 19.4. The molecule has 2 atom stereocenters. The van der Waals surface area contributed by atoms with E-state index in [-0.39, 0.29) is 16.8 Å². The molecule has 0 aliphatic carbocycles. The van der Waals surface area contributed by atoms with Gasteiger partial charge in [-0.2, -0.15) is 18.3 Å². The first-order chi connectivity index (χ1) is 13.9. The Balaban J connectivity index is 1.62. The monoisotopic (exact) mass is 403 g/mol. The summed E-state index contributed by atoms with van der Waals surface area (Å²) in [6.07, 6.45) is -3.48. The molecule has 2 aliphatic heterocycles. The molecule has 0 bridgehead atoms. The quantitative estimate of drug-likeness (QED) is 0.626. The molecule has 2 aromatic heterocycles. The number of alkyl halides is 3. The molecule has 2 saturated heterocycles. The molecule has 152 valence electrons. The number of nitrogens with zero attached hydrogens (tertiary/aromatic N) is 3. The van der Waals surface area contributed by atoms with Gasteiger partial charge in [0.1, 0.15) is 11.4 Å². The summed E-state index contributed by atoms with van der Waals surface area (Å²) in [5.41, 5.74) is 1.01. The number of hydrogen-bond acceptors (Lipinski definition) is 5. The first-order valence-corrected chi connectivity index (χ1v) is 9.59. The van der Waals surface area contributed by atoms with E-state index in [1.807, 2.05) is 0 Å². The molecule has 0 saturated carbocycles. The van der Waals surface area contributed by atoms with Crippen LogP contribution in [0.25, 0.3) is 22.3 Å². The molecule has 1 aromatic carbocycles. The molecule has 29 heavy (non-hydrogen) atoms. The first-order valence-electron chi connectivity index (χ1n) is 9.59.